The Kier molecular flexibility index (Phi) is 3.62. The van der Waals surface area contributed by atoms with Crippen LogP contribution in [0, 0.1) is 5.41 Å². The molecular weight excluding hydrogens is 291 g/mol. The highest BCUT2D eigenvalue weighted by Gasteiger charge is 2.36. The van der Waals surface area contributed by atoms with E-state index in [1.54, 1.807) is 31.3 Å². The minimum atomic E-state index is -4.49. The zero-order chi connectivity index (χ0) is 14.9. The van der Waals surface area contributed by atoms with Crippen molar-refractivity contribution in [3.05, 3.63) is 34.8 Å². The third-order valence-electron chi connectivity index (χ3n) is 2.51. The van der Waals surface area contributed by atoms with Crippen molar-refractivity contribution in [3.63, 3.8) is 0 Å². The second-order valence-corrected chi connectivity index (χ2v) is 4.86. The first-order chi connectivity index (χ1) is 9.29. The van der Waals surface area contributed by atoms with Gasteiger partial charge in [0.05, 0.1) is 0 Å². The fourth-order valence-corrected chi connectivity index (χ4v) is 2.13. The molecule has 2 rings (SSSR count). The molecule has 0 bridgehead atoms. The first-order valence-electron chi connectivity index (χ1n) is 5.38. The van der Waals surface area contributed by atoms with Crippen LogP contribution >= 0.6 is 11.3 Å². The lowest BCUT2D eigenvalue weighted by Crippen LogP contribution is -2.12. The molecule has 3 N–H and O–H groups in total. The molecule has 0 spiro atoms. The van der Waals surface area contributed by atoms with Crippen LogP contribution in [0.2, 0.25) is 0 Å². The number of halogens is 3. The van der Waals surface area contributed by atoms with Crippen molar-refractivity contribution < 1.29 is 13.2 Å². The molecule has 1 heterocycles. The van der Waals surface area contributed by atoms with Crippen LogP contribution in [0.25, 0.3) is 0 Å². The fraction of sp³-hybridized carbons (Fsp3) is 0.182. The number of nitrogen functional groups attached to an aromatic ring is 1. The van der Waals surface area contributed by atoms with Crippen LogP contribution in [0.5, 0.6) is 0 Å². The number of hydrogen-bond donors (Lipinski definition) is 2. The van der Waals surface area contributed by atoms with E-state index in [9.17, 15) is 13.2 Å². The van der Waals surface area contributed by atoms with Crippen molar-refractivity contribution >= 4 is 28.0 Å². The van der Waals surface area contributed by atoms with E-state index in [0.717, 1.165) is 0 Å². The maximum atomic E-state index is 12.5. The second-order valence-electron chi connectivity index (χ2n) is 3.91. The van der Waals surface area contributed by atoms with E-state index in [2.05, 4.69) is 10.2 Å². The van der Waals surface area contributed by atoms with Crippen molar-refractivity contribution in [2.24, 2.45) is 5.73 Å². The SMILES string of the molecule is CN(c1ccc(C(=N)N)cc1)c1nnc(C(F)(F)F)s1. The summed E-state index contributed by atoms with van der Waals surface area (Å²) in [6, 6.07) is 6.51. The highest BCUT2D eigenvalue weighted by atomic mass is 32.1. The van der Waals surface area contributed by atoms with Crippen molar-refractivity contribution in [2.75, 3.05) is 11.9 Å². The molecular formula is C11H10F3N5S. The Morgan fingerprint density at radius 2 is 1.85 bits per heavy atom. The number of hydrogen-bond acceptors (Lipinski definition) is 5. The maximum Gasteiger partial charge on any atom is 0.445 e. The predicted octanol–water partition coefficient (Wildman–Crippen LogP) is 2.61. The topological polar surface area (TPSA) is 78.9 Å². The molecule has 1 aromatic heterocycles. The number of nitrogens with one attached hydrogen (secondary N) is 1. The van der Waals surface area contributed by atoms with Gasteiger partial charge in [-0.3, -0.25) is 5.41 Å². The van der Waals surface area contributed by atoms with Gasteiger partial charge in [0.2, 0.25) is 10.1 Å². The first kappa shape index (κ1) is 14.3. The Hall–Kier alpha value is -2.16. The van der Waals surface area contributed by atoms with Gasteiger partial charge in [-0.2, -0.15) is 13.2 Å². The molecule has 0 unspecified atom stereocenters. The van der Waals surface area contributed by atoms with E-state index in [1.807, 2.05) is 0 Å². The Balaban J connectivity index is 2.24. The van der Waals surface area contributed by atoms with Gasteiger partial charge >= 0.3 is 6.18 Å². The third kappa shape index (κ3) is 2.87. The minimum Gasteiger partial charge on any atom is -0.384 e. The van der Waals surface area contributed by atoms with E-state index in [-0.39, 0.29) is 11.0 Å². The standard InChI is InChI=1S/C11H10F3N5S/c1-19(7-4-2-6(3-5-7)8(15)16)10-18-17-9(20-10)11(12,13)14/h2-5H,1H3,(H3,15,16). The van der Waals surface area contributed by atoms with Gasteiger partial charge in [0.1, 0.15) is 5.84 Å². The molecule has 0 amide bonds. The van der Waals surface area contributed by atoms with Crippen molar-refractivity contribution in [1.82, 2.24) is 10.2 Å². The van der Waals surface area contributed by atoms with Crippen LogP contribution < -0.4 is 10.6 Å². The van der Waals surface area contributed by atoms with E-state index in [4.69, 9.17) is 11.1 Å². The molecule has 0 saturated heterocycles. The quantitative estimate of drug-likeness (QED) is 0.674. The molecule has 0 saturated carbocycles. The molecule has 2 aromatic rings. The summed E-state index contributed by atoms with van der Waals surface area (Å²) in [5.74, 6) is -0.0746. The molecule has 9 heteroatoms. The van der Waals surface area contributed by atoms with Crippen molar-refractivity contribution in [1.29, 1.82) is 5.41 Å². The Morgan fingerprint density at radius 3 is 2.30 bits per heavy atom. The monoisotopic (exact) mass is 301 g/mol. The number of rotatable bonds is 3. The molecule has 0 fully saturated rings. The number of nitrogens with zero attached hydrogens (tertiary/aromatic N) is 3. The number of amidine groups is 1. The second kappa shape index (κ2) is 5.08. The average Bonchev–Trinajstić information content (AvgIpc) is 2.87. The van der Waals surface area contributed by atoms with Crippen LogP contribution in [0.15, 0.2) is 24.3 Å². The molecule has 20 heavy (non-hydrogen) atoms. The number of nitrogens with two attached hydrogens (primary N) is 1. The average molecular weight is 301 g/mol. The van der Waals surface area contributed by atoms with Gasteiger partial charge in [-0.05, 0) is 24.3 Å². The molecule has 0 aliphatic rings. The zero-order valence-corrected chi connectivity index (χ0v) is 11.1. The van der Waals surface area contributed by atoms with Crippen molar-refractivity contribution in [2.45, 2.75) is 6.18 Å². The molecule has 106 valence electrons. The van der Waals surface area contributed by atoms with Gasteiger partial charge in [0, 0.05) is 18.3 Å². The van der Waals surface area contributed by atoms with Gasteiger partial charge < -0.3 is 10.6 Å². The largest absolute Gasteiger partial charge is 0.445 e. The van der Waals surface area contributed by atoms with E-state index in [1.165, 1.54) is 4.90 Å². The molecule has 0 aliphatic carbocycles. The first-order valence-corrected chi connectivity index (χ1v) is 6.19. The summed E-state index contributed by atoms with van der Waals surface area (Å²) in [4.78, 5) is 1.48. The summed E-state index contributed by atoms with van der Waals surface area (Å²) in [7, 11) is 1.59. The summed E-state index contributed by atoms with van der Waals surface area (Å²) in [6.07, 6.45) is -4.49. The van der Waals surface area contributed by atoms with Gasteiger partial charge in [-0.25, -0.2) is 0 Å². The summed E-state index contributed by atoms with van der Waals surface area (Å²) in [5, 5.41) is 13.1. The van der Waals surface area contributed by atoms with Crippen LogP contribution in [-0.2, 0) is 6.18 Å². The minimum absolute atomic E-state index is 0.0746. The van der Waals surface area contributed by atoms with E-state index < -0.39 is 11.2 Å². The Labute approximate surface area is 116 Å². The van der Waals surface area contributed by atoms with Gasteiger partial charge in [-0.15, -0.1) is 10.2 Å². The normalized spacial score (nSPS) is 11.4. The molecule has 0 radical (unpaired) electrons. The lowest BCUT2D eigenvalue weighted by molar-refractivity contribution is -0.138. The zero-order valence-electron chi connectivity index (χ0n) is 10.3. The van der Waals surface area contributed by atoms with E-state index >= 15 is 0 Å². The summed E-state index contributed by atoms with van der Waals surface area (Å²) >= 11 is 0.465. The van der Waals surface area contributed by atoms with Crippen LogP contribution in [0.3, 0.4) is 0 Å². The third-order valence-corrected chi connectivity index (χ3v) is 3.55. The number of benzene rings is 1. The van der Waals surface area contributed by atoms with Crippen LogP contribution in [0.1, 0.15) is 10.6 Å². The number of aromatic nitrogens is 2. The summed E-state index contributed by atoms with van der Waals surface area (Å²) < 4.78 is 37.4. The molecule has 1 aromatic carbocycles. The smallest absolute Gasteiger partial charge is 0.384 e. The van der Waals surface area contributed by atoms with Crippen molar-refractivity contribution in [3.8, 4) is 0 Å². The number of anilines is 2. The molecule has 0 aliphatic heterocycles. The Morgan fingerprint density at radius 1 is 1.25 bits per heavy atom. The fourth-order valence-electron chi connectivity index (χ4n) is 1.44. The van der Waals surface area contributed by atoms with E-state index in [0.29, 0.717) is 22.6 Å². The van der Waals surface area contributed by atoms with Gasteiger partial charge in [0.15, 0.2) is 0 Å². The van der Waals surface area contributed by atoms with Gasteiger partial charge in [-0.1, -0.05) is 11.3 Å². The molecule has 5 nitrogen and oxygen atoms in total. The Bertz CT molecular complexity index is 620. The maximum absolute atomic E-state index is 12.5. The predicted molar refractivity (Wildman–Crippen MR) is 70.4 cm³/mol. The highest BCUT2D eigenvalue weighted by Crippen LogP contribution is 2.35. The van der Waals surface area contributed by atoms with Gasteiger partial charge in [0.25, 0.3) is 0 Å². The summed E-state index contributed by atoms with van der Waals surface area (Å²) in [5.41, 5.74) is 6.49. The lowest BCUT2D eigenvalue weighted by Gasteiger charge is -2.15. The lowest BCUT2D eigenvalue weighted by atomic mass is 10.2. The van der Waals surface area contributed by atoms with Crippen LogP contribution in [0.4, 0.5) is 24.0 Å². The highest BCUT2D eigenvalue weighted by molar-refractivity contribution is 7.15. The number of alkyl halides is 3. The van der Waals surface area contributed by atoms with Crippen LogP contribution in [-0.4, -0.2) is 23.1 Å². The molecule has 0 atom stereocenters. The summed E-state index contributed by atoms with van der Waals surface area (Å²) in [6.45, 7) is 0.